The lowest BCUT2D eigenvalue weighted by molar-refractivity contribution is -0.117. The Hall–Kier alpha value is -5.57. The number of likely N-dealkylation sites (tertiary alicyclic amines) is 1. The van der Waals surface area contributed by atoms with Gasteiger partial charge in [0.05, 0.1) is 30.1 Å². The number of tetrazole rings is 1. The van der Waals surface area contributed by atoms with Crippen LogP contribution in [0.3, 0.4) is 0 Å². The van der Waals surface area contributed by atoms with E-state index in [2.05, 4.69) is 41.1 Å². The van der Waals surface area contributed by atoms with Crippen LogP contribution in [0.25, 0.3) is 22.9 Å². The van der Waals surface area contributed by atoms with Crippen LogP contribution in [-0.4, -0.2) is 79.2 Å². The monoisotopic (exact) mass is 703 g/mol. The minimum Gasteiger partial charge on any atom is -0.453 e. The zero-order valence-electron chi connectivity index (χ0n) is 28.1. The Morgan fingerprint density at radius 1 is 1.14 bits per heavy atom. The lowest BCUT2D eigenvalue weighted by Gasteiger charge is -2.35. The molecule has 2 unspecified atom stereocenters. The molecule has 15 nitrogen and oxygen atoms in total. The number of nitrogens with zero attached hydrogens (tertiary/aromatic N) is 6. The first-order chi connectivity index (χ1) is 23.9. The van der Waals surface area contributed by atoms with Gasteiger partial charge < -0.3 is 19.7 Å². The summed E-state index contributed by atoms with van der Waals surface area (Å²) in [5, 5.41) is 24.3. The molecule has 0 aliphatic carbocycles. The molecule has 4 aromatic rings. The highest BCUT2D eigenvalue weighted by atomic mass is 35.5. The number of carbonyl (C=O) groups excluding carboxylic acids is 3. The van der Waals surface area contributed by atoms with Crippen LogP contribution in [0.5, 0.6) is 0 Å². The average molecular weight is 704 g/mol. The first-order valence-corrected chi connectivity index (χ1v) is 16.3. The van der Waals surface area contributed by atoms with E-state index in [1.165, 1.54) is 24.2 Å². The summed E-state index contributed by atoms with van der Waals surface area (Å²) in [6, 6.07) is 12.8. The van der Waals surface area contributed by atoms with E-state index in [9.17, 15) is 19.2 Å². The van der Waals surface area contributed by atoms with Crippen LogP contribution in [0.4, 0.5) is 15.3 Å². The largest absolute Gasteiger partial charge is 0.453 e. The fourth-order valence-electron chi connectivity index (χ4n) is 5.58. The molecule has 3 heterocycles. The van der Waals surface area contributed by atoms with Crippen molar-refractivity contribution in [2.75, 3.05) is 25.5 Å². The molecular formula is C34H38ClN9O6. The molecule has 2 aromatic carbocycles. The molecule has 2 atom stereocenters. The number of piperidine rings is 1. The third kappa shape index (κ3) is 9.53. The summed E-state index contributed by atoms with van der Waals surface area (Å²) in [6.07, 6.45) is 5.40. The van der Waals surface area contributed by atoms with Crippen LogP contribution in [-0.2, 0) is 14.3 Å². The minimum atomic E-state index is -0.648. The summed E-state index contributed by atoms with van der Waals surface area (Å²) in [5.74, 6) is -0.434. The predicted octanol–water partition coefficient (Wildman–Crippen LogP) is 5.15. The number of aromatic amines is 1. The second-order valence-corrected chi connectivity index (χ2v) is 13.2. The fourth-order valence-corrected chi connectivity index (χ4v) is 5.76. The van der Waals surface area contributed by atoms with E-state index < -0.39 is 29.2 Å². The maximum atomic E-state index is 13.5. The Morgan fingerprint density at radius 2 is 1.92 bits per heavy atom. The van der Waals surface area contributed by atoms with E-state index in [4.69, 9.17) is 16.3 Å². The fraction of sp³-hybridized carbons (Fsp3) is 0.353. The first-order valence-electron chi connectivity index (χ1n) is 15.9. The van der Waals surface area contributed by atoms with E-state index in [1.807, 2.05) is 20.8 Å². The smallest absolute Gasteiger partial charge is 0.411 e. The summed E-state index contributed by atoms with van der Waals surface area (Å²) < 4.78 is 11.7. The highest BCUT2D eigenvalue weighted by molar-refractivity contribution is 6.30. The molecule has 5 rings (SSSR count). The van der Waals surface area contributed by atoms with Crippen LogP contribution in [0.1, 0.15) is 57.3 Å². The number of ether oxygens (including phenoxy) is 2. The Labute approximate surface area is 293 Å². The topological polar surface area (TPSA) is 186 Å². The van der Waals surface area contributed by atoms with Gasteiger partial charge in [-0.3, -0.25) is 14.9 Å². The van der Waals surface area contributed by atoms with E-state index in [1.54, 1.807) is 59.5 Å². The van der Waals surface area contributed by atoms with Crippen molar-refractivity contribution in [3.8, 4) is 16.8 Å². The van der Waals surface area contributed by atoms with E-state index in [0.717, 1.165) is 12.8 Å². The summed E-state index contributed by atoms with van der Waals surface area (Å²) >= 11 is 6.26. The summed E-state index contributed by atoms with van der Waals surface area (Å²) in [5.41, 5.74) is 1.94. The Balaban J connectivity index is 1.42. The third-order valence-electron chi connectivity index (χ3n) is 7.86. The second kappa shape index (κ2) is 15.8. The number of nitrogens with one attached hydrogen (secondary N) is 3. The first kappa shape index (κ1) is 35.7. The molecule has 0 bridgehead atoms. The van der Waals surface area contributed by atoms with Crippen molar-refractivity contribution in [1.29, 1.82) is 0 Å². The number of anilines is 1. The molecule has 2 aromatic heterocycles. The van der Waals surface area contributed by atoms with Crippen LogP contribution in [0, 0.1) is 5.92 Å². The highest BCUT2D eigenvalue weighted by Crippen LogP contribution is 2.29. The molecule has 16 heteroatoms. The summed E-state index contributed by atoms with van der Waals surface area (Å²) in [7, 11) is 1.26. The van der Waals surface area contributed by atoms with Gasteiger partial charge in [0, 0.05) is 35.4 Å². The number of rotatable bonds is 9. The molecule has 0 saturated carbocycles. The number of carbonyl (C=O) groups is 3. The summed E-state index contributed by atoms with van der Waals surface area (Å²) in [4.78, 5) is 52.7. The average Bonchev–Trinajstić information content (AvgIpc) is 3.62. The SMILES string of the molecule is COC(=O)Nc1ccc(-c2cc(C(CC3CCCN(C(=O)OC(C)(C)C)C3)NC(=O)C=Cc3cc(Cl)ccc3-n3cnnn3)n[nH]c2=O)cc1. The number of amides is 3. The molecular weight excluding hydrogens is 666 g/mol. The Kier molecular flexibility index (Phi) is 11.3. The Morgan fingerprint density at radius 3 is 2.62 bits per heavy atom. The van der Waals surface area contributed by atoms with E-state index >= 15 is 0 Å². The molecule has 1 fully saturated rings. The number of hydrogen-bond donors (Lipinski definition) is 3. The van der Waals surface area contributed by atoms with Crippen molar-refractivity contribution in [3.63, 3.8) is 0 Å². The molecule has 0 spiro atoms. The molecule has 262 valence electrons. The van der Waals surface area contributed by atoms with Gasteiger partial charge >= 0.3 is 12.2 Å². The van der Waals surface area contributed by atoms with Crippen molar-refractivity contribution in [1.82, 2.24) is 40.6 Å². The van der Waals surface area contributed by atoms with Crippen LogP contribution in [0.2, 0.25) is 5.02 Å². The minimum absolute atomic E-state index is 0.00856. The molecule has 1 aliphatic heterocycles. The number of H-pyrrole nitrogens is 1. The van der Waals surface area contributed by atoms with Gasteiger partial charge in [-0.15, -0.1) is 5.10 Å². The number of methoxy groups -OCH3 is 1. The van der Waals surface area contributed by atoms with Gasteiger partial charge in [0.25, 0.3) is 5.56 Å². The molecule has 3 N–H and O–H groups in total. The zero-order chi connectivity index (χ0) is 35.8. The molecule has 3 amide bonds. The molecule has 50 heavy (non-hydrogen) atoms. The zero-order valence-corrected chi connectivity index (χ0v) is 28.8. The standard InChI is InChI=1S/C34H38ClN9O6/c1-34(2,3)50-33(48)43-15-5-6-21(19-43)16-27(38-30(45)14-9-23-17-24(35)10-13-29(23)44-20-36-41-42-44)28-18-26(31(46)40-39-28)22-7-11-25(12-8-22)37-32(47)49-4/h7-14,17-18,20-21,27H,5-6,15-16,19H2,1-4H3,(H,37,47)(H,38,45)(H,40,46). The maximum Gasteiger partial charge on any atom is 0.411 e. The van der Waals surface area contributed by atoms with Crippen molar-refractivity contribution in [3.05, 3.63) is 87.6 Å². The van der Waals surface area contributed by atoms with Gasteiger partial charge in [-0.25, -0.2) is 14.7 Å². The van der Waals surface area contributed by atoms with Gasteiger partial charge in [0.2, 0.25) is 5.91 Å². The number of halogens is 1. The summed E-state index contributed by atoms with van der Waals surface area (Å²) in [6.45, 7) is 6.46. The quantitative estimate of drug-likeness (QED) is 0.197. The number of aromatic nitrogens is 6. The molecule has 1 saturated heterocycles. The van der Waals surface area contributed by atoms with Crippen LogP contribution < -0.4 is 16.2 Å². The van der Waals surface area contributed by atoms with Crippen molar-refractivity contribution in [2.24, 2.45) is 5.92 Å². The second-order valence-electron chi connectivity index (χ2n) is 12.8. The normalized spacial score (nSPS) is 15.4. The lowest BCUT2D eigenvalue weighted by Crippen LogP contribution is -2.43. The number of benzene rings is 2. The molecule has 1 aliphatic rings. The number of hydrogen-bond acceptors (Lipinski definition) is 10. The van der Waals surface area contributed by atoms with Crippen LogP contribution in [0.15, 0.2) is 65.7 Å². The van der Waals surface area contributed by atoms with Crippen molar-refractivity contribution in [2.45, 2.75) is 51.7 Å². The molecule has 0 radical (unpaired) electrons. The third-order valence-corrected chi connectivity index (χ3v) is 8.10. The van der Waals surface area contributed by atoms with E-state index in [-0.39, 0.29) is 12.0 Å². The van der Waals surface area contributed by atoms with Crippen molar-refractivity contribution >= 4 is 41.5 Å². The van der Waals surface area contributed by atoms with Crippen molar-refractivity contribution < 1.29 is 23.9 Å². The van der Waals surface area contributed by atoms with Crippen LogP contribution >= 0.6 is 11.6 Å². The van der Waals surface area contributed by atoms with E-state index in [0.29, 0.717) is 58.3 Å². The predicted molar refractivity (Wildman–Crippen MR) is 186 cm³/mol. The van der Waals surface area contributed by atoms with Gasteiger partial charge in [0.15, 0.2) is 0 Å². The van der Waals surface area contributed by atoms with Gasteiger partial charge in [0.1, 0.15) is 11.9 Å². The van der Waals surface area contributed by atoms with Gasteiger partial charge in [-0.05, 0) is 104 Å². The Bertz CT molecular complexity index is 1910. The maximum absolute atomic E-state index is 13.5. The van der Waals surface area contributed by atoms with Gasteiger partial charge in [-0.2, -0.15) is 9.78 Å². The highest BCUT2D eigenvalue weighted by Gasteiger charge is 2.30. The van der Waals surface area contributed by atoms with Gasteiger partial charge in [-0.1, -0.05) is 23.7 Å². The lowest BCUT2D eigenvalue weighted by atomic mass is 9.89.